The summed E-state index contributed by atoms with van der Waals surface area (Å²) in [6.45, 7) is 0. The van der Waals surface area contributed by atoms with Crippen molar-refractivity contribution in [3.05, 3.63) is 47.3 Å². The molecule has 0 atom stereocenters. The number of amides is 1. The maximum absolute atomic E-state index is 12.1. The van der Waals surface area contributed by atoms with Gasteiger partial charge in [-0.3, -0.25) is 19.5 Å². The van der Waals surface area contributed by atoms with Gasteiger partial charge in [-0.05, 0) is 18.2 Å². The Labute approximate surface area is 125 Å². The van der Waals surface area contributed by atoms with E-state index in [2.05, 4.69) is 4.98 Å². The molecule has 1 aliphatic rings. The maximum Gasteiger partial charge on any atom is 0.307 e. The molecule has 1 aliphatic heterocycles. The molecule has 2 heterocycles. The van der Waals surface area contributed by atoms with Crippen LogP contribution in [0.5, 0.6) is 0 Å². The van der Waals surface area contributed by atoms with Gasteiger partial charge in [-0.25, -0.2) is 0 Å². The van der Waals surface area contributed by atoms with Crippen LogP contribution in [0.2, 0.25) is 0 Å². The topological polar surface area (TPSA) is 70.5 Å². The van der Waals surface area contributed by atoms with Gasteiger partial charge in [0.25, 0.3) is 5.91 Å². The zero-order valence-corrected chi connectivity index (χ0v) is 11.9. The largest absolute Gasteiger partial charge is 0.481 e. The van der Waals surface area contributed by atoms with Gasteiger partial charge < -0.3 is 5.11 Å². The Morgan fingerprint density at radius 2 is 2.30 bits per heavy atom. The number of thioether (sulfide) groups is 1. The van der Waals surface area contributed by atoms with E-state index in [9.17, 15) is 9.59 Å². The Kier molecular flexibility index (Phi) is 4.65. The minimum atomic E-state index is -0.962. The quantitative estimate of drug-likeness (QED) is 0.680. The molecule has 0 aliphatic carbocycles. The number of pyridine rings is 1. The Morgan fingerprint density at radius 1 is 1.50 bits per heavy atom. The predicted molar refractivity (Wildman–Crippen MR) is 80.6 cm³/mol. The number of nitrogens with zero attached hydrogens (tertiary/aromatic N) is 2. The van der Waals surface area contributed by atoms with Crippen LogP contribution < -0.4 is 0 Å². The molecule has 1 saturated heterocycles. The van der Waals surface area contributed by atoms with Crippen molar-refractivity contribution in [3.8, 4) is 0 Å². The average molecular weight is 306 g/mol. The minimum absolute atomic E-state index is 0.156. The molecular weight excluding hydrogens is 296 g/mol. The van der Waals surface area contributed by atoms with Crippen molar-refractivity contribution in [1.29, 1.82) is 0 Å². The monoisotopic (exact) mass is 306 g/mol. The van der Waals surface area contributed by atoms with Gasteiger partial charge in [-0.15, -0.1) is 0 Å². The first-order valence-electron chi connectivity index (χ1n) is 5.64. The van der Waals surface area contributed by atoms with E-state index >= 15 is 0 Å². The summed E-state index contributed by atoms with van der Waals surface area (Å²) in [7, 11) is 0. The lowest BCUT2D eigenvalue weighted by atomic mass is 10.3. The highest BCUT2D eigenvalue weighted by atomic mass is 32.2. The first-order chi connectivity index (χ1) is 9.58. The summed E-state index contributed by atoms with van der Waals surface area (Å²) >= 11 is 6.26. The Morgan fingerprint density at radius 3 is 2.95 bits per heavy atom. The lowest BCUT2D eigenvalue weighted by Crippen LogP contribution is -2.21. The van der Waals surface area contributed by atoms with Gasteiger partial charge in [0.2, 0.25) is 0 Å². The van der Waals surface area contributed by atoms with Crippen LogP contribution >= 0.6 is 24.0 Å². The molecule has 20 heavy (non-hydrogen) atoms. The SMILES string of the molecule is O=C(O)C/C=C/N1C(=O)/C(=C/c2ccccn2)SC1=S. The first-order valence-corrected chi connectivity index (χ1v) is 6.87. The van der Waals surface area contributed by atoms with Crippen LogP contribution in [-0.4, -0.2) is 31.2 Å². The third kappa shape index (κ3) is 3.52. The van der Waals surface area contributed by atoms with Crippen LogP contribution in [0.3, 0.4) is 0 Å². The normalized spacial score (nSPS) is 17.4. The predicted octanol–water partition coefficient (Wildman–Crippen LogP) is 2.27. The summed E-state index contributed by atoms with van der Waals surface area (Å²) < 4.78 is 0.374. The molecule has 5 nitrogen and oxygen atoms in total. The van der Waals surface area contributed by atoms with E-state index in [1.807, 2.05) is 6.07 Å². The fourth-order valence-electron chi connectivity index (χ4n) is 1.46. The van der Waals surface area contributed by atoms with E-state index in [0.29, 0.717) is 14.9 Å². The van der Waals surface area contributed by atoms with E-state index in [1.54, 1.807) is 24.4 Å². The van der Waals surface area contributed by atoms with Crippen molar-refractivity contribution in [2.24, 2.45) is 0 Å². The van der Waals surface area contributed by atoms with Crippen LogP contribution in [0.4, 0.5) is 0 Å². The molecule has 0 spiro atoms. The second kappa shape index (κ2) is 6.44. The Hall–Kier alpha value is -1.99. The number of hydrogen-bond acceptors (Lipinski definition) is 5. The zero-order valence-electron chi connectivity index (χ0n) is 10.2. The molecule has 7 heteroatoms. The summed E-state index contributed by atoms with van der Waals surface area (Å²) in [6, 6.07) is 5.40. The van der Waals surface area contributed by atoms with Gasteiger partial charge in [0, 0.05) is 12.4 Å². The number of thiocarbonyl (C=S) groups is 1. The number of aliphatic carboxylic acids is 1. The second-order valence-electron chi connectivity index (χ2n) is 3.79. The highest BCUT2D eigenvalue weighted by Crippen LogP contribution is 2.32. The van der Waals surface area contributed by atoms with E-state index in [-0.39, 0.29) is 12.3 Å². The number of carbonyl (C=O) groups is 2. The van der Waals surface area contributed by atoms with Crippen LogP contribution in [0, 0.1) is 0 Å². The summed E-state index contributed by atoms with van der Waals surface area (Å²) in [5, 5.41) is 8.55. The van der Waals surface area contributed by atoms with Gasteiger partial charge in [0.15, 0.2) is 4.32 Å². The van der Waals surface area contributed by atoms with Gasteiger partial charge in [0.05, 0.1) is 17.0 Å². The van der Waals surface area contributed by atoms with Crippen LogP contribution in [-0.2, 0) is 9.59 Å². The van der Waals surface area contributed by atoms with E-state index in [4.69, 9.17) is 17.3 Å². The molecule has 0 saturated carbocycles. The van der Waals surface area contributed by atoms with Crippen LogP contribution in [0.15, 0.2) is 41.6 Å². The molecule has 1 aromatic rings. The fraction of sp³-hybridized carbons (Fsp3) is 0.0769. The van der Waals surface area contributed by atoms with Gasteiger partial charge >= 0.3 is 5.97 Å². The van der Waals surface area contributed by atoms with Gasteiger partial charge in [0.1, 0.15) is 0 Å². The average Bonchev–Trinajstić information content (AvgIpc) is 2.67. The molecule has 1 fully saturated rings. The highest BCUT2D eigenvalue weighted by molar-refractivity contribution is 8.26. The van der Waals surface area contributed by atoms with Crippen molar-refractivity contribution < 1.29 is 14.7 Å². The lowest BCUT2D eigenvalue weighted by molar-refractivity contribution is -0.136. The molecule has 0 aromatic carbocycles. The van der Waals surface area contributed by atoms with E-state index in [1.165, 1.54) is 28.9 Å². The summed E-state index contributed by atoms with van der Waals surface area (Å²) in [4.78, 5) is 28.4. The standard InChI is InChI=1S/C13H10N2O3S2/c16-11(17)5-3-7-15-12(18)10(20-13(15)19)8-9-4-1-2-6-14-9/h1-4,6-8H,5H2,(H,16,17)/b7-3+,10-8-. The number of aromatic nitrogens is 1. The van der Waals surface area contributed by atoms with Crippen molar-refractivity contribution in [2.45, 2.75) is 6.42 Å². The second-order valence-corrected chi connectivity index (χ2v) is 5.46. The van der Waals surface area contributed by atoms with Crippen LogP contribution in [0.1, 0.15) is 12.1 Å². The van der Waals surface area contributed by atoms with Crippen LogP contribution in [0.25, 0.3) is 6.08 Å². The molecule has 0 bridgehead atoms. The third-order valence-corrected chi connectivity index (χ3v) is 3.67. The van der Waals surface area contributed by atoms with Crippen molar-refractivity contribution in [1.82, 2.24) is 9.88 Å². The van der Waals surface area contributed by atoms with Crippen molar-refractivity contribution >= 4 is 46.3 Å². The molecule has 1 amide bonds. The van der Waals surface area contributed by atoms with E-state index in [0.717, 1.165) is 0 Å². The molecule has 102 valence electrons. The maximum atomic E-state index is 12.1. The minimum Gasteiger partial charge on any atom is -0.481 e. The smallest absolute Gasteiger partial charge is 0.307 e. The summed E-state index contributed by atoms with van der Waals surface area (Å²) in [5.41, 5.74) is 0.669. The number of carboxylic acids is 1. The number of carbonyl (C=O) groups excluding carboxylic acids is 1. The van der Waals surface area contributed by atoms with Crippen molar-refractivity contribution in [2.75, 3.05) is 0 Å². The molecule has 0 radical (unpaired) electrons. The number of rotatable bonds is 4. The molecular formula is C13H10N2O3S2. The highest BCUT2D eigenvalue weighted by Gasteiger charge is 2.30. The first kappa shape index (κ1) is 14.4. The molecule has 1 aromatic heterocycles. The Bertz CT molecular complexity index is 611. The Balaban J connectivity index is 2.15. The third-order valence-electron chi connectivity index (χ3n) is 2.34. The lowest BCUT2D eigenvalue weighted by Gasteiger charge is -2.06. The summed E-state index contributed by atoms with van der Waals surface area (Å²) in [5.74, 6) is -1.23. The van der Waals surface area contributed by atoms with Gasteiger partial charge in [-0.2, -0.15) is 0 Å². The molecule has 0 unspecified atom stereocenters. The zero-order chi connectivity index (χ0) is 14.5. The number of carboxylic acid groups (broad SMARTS) is 1. The molecule has 2 rings (SSSR count). The van der Waals surface area contributed by atoms with Gasteiger partial charge in [-0.1, -0.05) is 36.1 Å². The number of hydrogen-bond donors (Lipinski definition) is 1. The fourth-order valence-corrected chi connectivity index (χ4v) is 2.67. The van der Waals surface area contributed by atoms with E-state index < -0.39 is 5.97 Å². The summed E-state index contributed by atoms with van der Waals surface area (Å²) in [6.07, 6.45) is 5.92. The van der Waals surface area contributed by atoms with Crippen molar-refractivity contribution in [3.63, 3.8) is 0 Å². The molecule has 1 N–H and O–H groups in total.